The first-order valence-corrected chi connectivity index (χ1v) is 9.23. The molecule has 6 heteroatoms. The zero-order chi connectivity index (χ0) is 18.7. The van der Waals surface area contributed by atoms with E-state index in [1.165, 1.54) is 5.56 Å². The minimum absolute atomic E-state index is 0.0242. The number of amides is 1. The number of hydrogen-bond donors (Lipinski definition) is 2. The van der Waals surface area contributed by atoms with Gasteiger partial charge in [-0.3, -0.25) is 4.79 Å². The maximum absolute atomic E-state index is 12.5. The highest BCUT2D eigenvalue weighted by Gasteiger charge is 2.21. The number of aryl methyl sites for hydroxylation is 3. The van der Waals surface area contributed by atoms with E-state index < -0.39 is 0 Å². The Hall–Kier alpha value is -2.63. The number of H-pyrrole nitrogens is 1. The maximum Gasteiger partial charge on any atom is 0.222 e. The summed E-state index contributed by atoms with van der Waals surface area (Å²) in [5.74, 6) is 2.08. The molecule has 0 saturated heterocycles. The molecule has 0 bridgehead atoms. The van der Waals surface area contributed by atoms with Gasteiger partial charge in [-0.05, 0) is 30.5 Å². The zero-order valence-electron chi connectivity index (χ0n) is 15.9. The van der Waals surface area contributed by atoms with Gasteiger partial charge in [-0.2, -0.15) is 0 Å². The summed E-state index contributed by atoms with van der Waals surface area (Å²) in [6.07, 6.45) is 4.99. The number of carbonyl (C=O) groups is 1. The van der Waals surface area contributed by atoms with E-state index >= 15 is 0 Å². The van der Waals surface area contributed by atoms with Gasteiger partial charge in [0.05, 0.1) is 17.1 Å². The molecule has 26 heavy (non-hydrogen) atoms. The molecule has 0 spiro atoms. The minimum Gasteiger partial charge on any atom is -0.346 e. The quantitative estimate of drug-likeness (QED) is 0.682. The molecule has 1 atom stereocenters. The summed E-state index contributed by atoms with van der Waals surface area (Å²) in [5.41, 5.74) is 3.12. The lowest BCUT2D eigenvalue weighted by atomic mass is 10.0. The van der Waals surface area contributed by atoms with E-state index in [4.69, 9.17) is 0 Å². The lowest BCUT2D eigenvalue weighted by molar-refractivity contribution is -0.122. The fourth-order valence-electron chi connectivity index (χ4n) is 3.17. The number of aromatic nitrogens is 4. The average Bonchev–Trinajstić information content (AvgIpc) is 3.23. The number of benzene rings is 1. The molecule has 1 aromatic carbocycles. The highest BCUT2D eigenvalue weighted by molar-refractivity contribution is 5.78. The molecule has 2 N–H and O–H groups in total. The van der Waals surface area contributed by atoms with E-state index in [9.17, 15) is 4.79 Å². The van der Waals surface area contributed by atoms with E-state index in [1.807, 2.05) is 22.9 Å². The predicted octanol–water partition coefficient (Wildman–Crippen LogP) is 3.53. The molecule has 0 aliphatic carbocycles. The number of nitrogens with zero attached hydrogens (tertiary/aromatic N) is 3. The van der Waals surface area contributed by atoms with Crippen molar-refractivity contribution in [3.05, 3.63) is 47.8 Å². The highest BCUT2D eigenvalue weighted by Crippen LogP contribution is 2.23. The third kappa shape index (κ3) is 3.95. The SMILES string of the molecule is CCc1nccn1CCC(=O)NC(c1nc2ccc(C)cc2[nH]1)C(C)C. The van der Waals surface area contributed by atoms with Crippen LogP contribution in [0.3, 0.4) is 0 Å². The van der Waals surface area contributed by atoms with E-state index in [0.717, 1.165) is 29.1 Å². The molecule has 2 heterocycles. The van der Waals surface area contributed by atoms with Crippen molar-refractivity contribution in [2.24, 2.45) is 5.92 Å². The first-order chi connectivity index (χ1) is 12.5. The van der Waals surface area contributed by atoms with Crippen LogP contribution in [0.5, 0.6) is 0 Å². The van der Waals surface area contributed by atoms with Crippen molar-refractivity contribution in [1.82, 2.24) is 24.8 Å². The van der Waals surface area contributed by atoms with E-state index in [1.54, 1.807) is 6.20 Å². The predicted molar refractivity (Wildman–Crippen MR) is 103 cm³/mol. The smallest absolute Gasteiger partial charge is 0.222 e. The Labute approximate surface area is 154 Å². The van der Waals surface area contributed by atoms with Gasteiger partial charge in [-0.15, -0.1) is 0 Å². The van der Waals surface area contributed by atoms with Crippen LogP contribution in [0.15, 0.2) is 30.6 Å². The Morgan fingerprint density at radius 1 is 1.35 bits per heavy atom. The Kier molecular flexibility index (Phi) is 5.40. The van der Waals surface area contributed by atoms with Crippen molar-refractivity contribution >= 4 is 16.9 Å². The molecule has 138 valence electrons. The average molecular weight is 353 g/mol. The summed E-state index contributed by atoms with van der Waals surface area (Å²) < 4.78 is 2.04. The molecule has 0 saturated carbocycles. The van der Waals surface area contributed by atoms with E-state index in [2.05, 4.69) is 54.0 Å². The van der Waals surface area contributed by atoms with Crippen molar-refractivity contribution in [3.8, 4) is 0 Å². The first-order valence-electron chi connectivity index (χ1n) is 9.23. The molecule has 3 aromatic rings. The van der Waals surface area contributed by atoms with Gasteiger partial charge >= 0.3 is 0 Å². The minimum atomic E-state index is -0.136. The Bertz CT molecular complexity index is 893. The highest BCUT2D eigenvalue weighted by atomic mass is 16.1. The standard InChI is InChI=1S/C20H27N5O/c1-5-17-21-9-11-25(17)10-8-18(26)24-19(13(2)3)20-22-15-7-6-14(4)12-16(15)23-20/h6-7,9,11-13,19H,5,8,10H2,1-4H3,(H,22,23)(H,24,26). The van der Waals surface area contributed by atoms with Gasteiger partial charge in [0.2, 0.25) is 5.91 Å². The zero-order valence-corrected chi connectivity index (χ0v) is 15.9. The van der Waals surface area contributed by atoms with Crippen molar-refractivity contribution in [2.75, 3.05) is 0 Å². The molecule has 3 rings (SSSR count). The van der Waals surface area contributed by atoms with Gasteiger partial charge in [0.15, 0.2) is 0 Å². The number of imidazole rings is 2. The number of fused-ring (bicyclic) bond motifs is 1. The Balaban J connectivity index is 1.70. The molecular formula is C20H27N5O. The third-order valence-electron chi connectivity index (χ3n) is 4.63. The number of rotatable bonds is 7. The third-order valence-corrected chi connectivity index (χ3v) is 4.63. The van der Waals surface area contributed by atoms with Crippen LogP contribution in [0.2, 0.25) is 0 Å². The van der Waals surface area contributed by atoms with Gasteiger partial charge in [0.25, 0.3) is 0 Å². The van der Waals surface area contributed by atoms with Crippen molar-refractivity contribution in [3.63, 3.8) is 0 Å². The van der Waals surface area contributed by atoms with Crippen LogP contribution in [0.4, 0.5) is 0 Å². The van der Waals surface area contributed by atoms with Crippen LogP contribution < -0.4 is 5.32 Å². The van der Waals surface area contributed by atoms with Crippen LogP contribution in [0.1, 0.15) is 50.4 Å². The Morgan fingerprint density at radius 2 is 2.15 bits per heavy atom. The molecule has 0 aliphatic rings. The van der Waals surface area contributed by atoms with Crippen molar-refractivity contribution in [1.29, 1.82) is 0 Å². The second-order valence-electron chi connectivity index (χ2n) is 7.07. The van der Waals surface area contributed by atoms with Gasteiger partial charge in [-0.25, -0.2) is 9.97 Å². The Morgan fingerprint density at radius 3 is 2.88 bits per heavy atom. The molecule has 2 aromatic heterocycles. The largest absolute Gasteiger partial charge is 0.346 e. The molecular weight excluding hydrogens is 326 g/mol. The van der Waals surface area contributed by atoms with Gasteiger partial charge in [-0.1, -0.05) is 26.8 Å². The summed E-state index contributed by atoms with van der Waals surface area (Å²) in [4.78, 5) is 24.9. The molecule has 1 unspecified atom stereocenters. The van der Waals surface area contributed by atoms with E-state index in [0.29, 0.717) is 13.0 Å². The molecule has 0 aliphatic heterocycles. The fourth-order valence-corrected chi connectivity index (χ4v) is 3.17. The topological polar surface area (TPSA) is 75.6 Å². The number of nitrogens with one attached hydrogen (secondary N) is 2. The molecule has 0 fully saturated rings. The van der Waals surface area contributed by atoms with Gasteiger partial charge in [0.1, 0.15) is 11.6 Å². The lowest BCUT2D eigenvalue weighted by Gasteiger charge is -2.20. The number of hydrogen-bond acceptors (Lipinski definition) is 3. The van der Waals surface area contributed by atoms with Crippen molar-refractivity contribution < 1.29 is 4.79 Å². The summed E-state index contributed by atoms with van der Waals surface area (Å²) in [6, 6.07) is 6.00. The van der Waals surface area contributed by atoms with Crippen molar-refractivity contribution in [2.45, 2.75) is 53.1 Å². The second-order valence-corrected chi connectivity index (χ2v) is 7.07. The summed E-state index contributed by atoms with van der Waals surface area (Å²) in [5, 5.41) is 3.14. The normalized spacial score (nSPS) is 12.7. The first kappa shape index (κ1) is 18.2. The molecule has 6 nitrogen and oxygen atoms in total. The summed E-state index contributed by atoms with van der Waals surface area (Å²) in [7, 11) is 0. The van der Waals surface area contributed by atoms with E-state index in [-0.39, 0.29) is 17.9 Å². The van der Waals surface area contributed by atoms with Crippen LogP contribution >= 0.6 is 0 Å². The van der Waals surface area contributed by atoms with Crippen LogP contribution in [0, 0.1) is 12.8 Å². The number of aromatic amines is 1. The molecule has 0 radical (unpaired) electrons. The number of carbonyl (C=O) groups excluding carboxylic acids is 1. The molecule has 1 amide bonds. The summed E-state index contributed by atoms with van der Waals surface area (Å²) in [6.45, 7) is 8.95. The second kappa shape index (κ2) is 7.72. The van der Waals surface area contributed by atoms with Gasteiger partial charge in [0, 0.05) is 31.8 Å². The monoisotopic (exact) mass is 353 g/mol. The van der Waals surface area contributed by atoms with Crippen LogP contribution in [0.25, 0.3) is 11.0 Å². The lowest BCUT2D eigenvalue weighted by Crippen LogP contribution is -2.33. The maximum atomic E-state index is 12.5. The fraction of sp³-hybridized carbons (Fsp3) is 0.450. The van der Waals surface area contributed by atoms with Crippen LogP contribution in [-0.4, -0.2) is 25.4 Å². The van der Waals surface area contributed by atoms with Crippen LogP contribution in [-0.2, 0) is 17.8 Å². The summed E-state index contributed by atoms with van der Waals surface area (Å²) >= 11 is 0. The van der Waals surface area contributed by atoms with Gasteiger partial charge < -0.3 is 14.9 Å².